The minimum absolute atomic E-state index is 0.0729. The predicted octanol–water partition coefficient (Wildman–Crippen LogP) is 1.52. The smallest absolute Gasteiger partial charge is 0.332 e. The van der Waals surface area contributed by atoms with E-state index in [0.29, 0.717) is 6.42 Å². The summed E-state index contributed by atoms with van der Waals surface area (Å²) >= 11 is 0. The summed E-state index contributed by atoms with van der Waals surface area (Å²) in [7, 11) is 0. The Morgan fingerprint density at radius 1 is 1.21 bits per heavy atom. The third-order valence-electron chi connectivity index (χ3n) is 2.61. The predicted molar refractivity (Wildman–Crippen MR) is 49.9 cm³/mol. The Bertz CT molecular complexity index is 303. The third-order valence-corrected chi connectivity index (χ3v) is 2.61. The van der Waals surface area contributed by atoms with E-state index in [9.17, 15) is 9.59 Å². The summed E-state index contributed by atoms with van der Waals surface area (Å²) in [6, 6.07) is 0. The van der Waals surface area contributed by atoms with Gasteiger partial charge in [-0.3, -0.25) is 0 Å². The van der Waals surface area contributed by atoms with Crippen LogP contribution in [-0.4, -0.2) is 22.2 Å². The van der Waals surface area contributed by atoms with Crippen LogP contribution in [0.2, 0.25) is 0 Å². The van der Waals surface area contributed by atoms with Crippen molar-refractivity contribution < 1.29 is 19.8 Å². The first-order valence-corrected chi connectivity index (χ1v) is 4.63. The van der Waals surface area contributed by atoms with Gasteiger partial charge in [0.25, 0.3) is 0 Å². The number of hydrogen-bond donors (Lipinski definition) is 2. The lowest BCUT2D eigenvalue weighted by Crippen LogP contribution is -2.24. The topological polar surface area (TPSA) is 74.6 Å². The van der Waals surface area contributed by atoms with Crippen molar-refractivity contribution in [1.29, 1.82) is 0 Å². The van der Waals surface area contributed by atoms with Crippen molar-refractivity contribution in [3.63, 3.8) is 0 Å². The van der Waals surface area contributed by atoms with Gasteiger partial charge in [-0.05, 0) is 24.7 Å². The van der Waals surface area contributed by atoms with E-state index in [4.69, 9.17) is 10.2 Å². The van der Waals surface area contributed by atoms with E-state index < -0.39 is 11.9 Å². The highest BCUT2D eigenvalue weighted by Crippen LogP contribution is 2.33. The van der Waals surface area contributed by atoms with Crippen LogP contribution in [0.15, 0.2) is 11.1 Å². The molecule has 0 saturated carbocycles. The normalized spacial score (nSPS) is 27.6. The van der Waals surface area contributed by atoms with Gasteiger partial charge >= 0.3 is 11.9 Å². The summed E-state index contributed by atoms with van der Waals surface area (Å²) in [5.41, 5.74) is 0.152. The highest BCUT2D eigenvalue weighted by atomic mass is 16.4. The van der Waals surface area contributed by atoms with Gasteiger partial charge in [0.05, 0.1) is 5.57 Å². The van der Waals surface area contributed by atoms with Crippen molar-refractivity contribution in [2.24, 2.45) is 11.8 Å². The first-order valence-electron chi connectivity index (χ1n) is 4.63. The summed E-state index contributed by atoms with van der Waals surface area (Å²) < 4.78 is 0. The zero-order valence-corrected chi connectivity index (χ0v) is 8.28. The van der Waals surface area contributed by atoms with Gasteiger partial charge in [-0.15, -0.1) is 0 Å². The molecule has 0 saturated heterocycles. The van der Waals surface area contributed by atoms with E-state index in [2.05, 4.69) is 0 Å². The van der Waals surface area contributed by atoms with Crippen LogP contribution in [-0.2, 0) is 9.59 Å². The zero-order chi connectivity index (χ0) is 10.9. The highest BCUT2D eigenvalue weighted by Gasteiger charge is 2.31. The summed E-state index contributed by atoms with van der Waals surface area (Å²) in [5.74, 6) is -2.11. The molecule has 1 rings (SSSR count). The van der Waals surface area contributed by atoms with Crippen molar-refractivity contribution in [3.05, 3.63) is 11.1 Å². The molecule has 0 aromatic carbocycles. The van der Waals surface area contributed by atoms with Gasteiger partial charge in [0, 0.05) is 5.57 Å². The molecule has 2 atom stereocenters. The van der Waals surface area contributed by atoms with Crippen molar-refractivity contribution in [1.82, 2.24) is 0 Å². The number of carboxylic acids is 2. The lowest BCUT2D eigenvalue weighted by Gasteiger charge is -2.25. The van der Waals surface area contributed by atoms with Crippen LogP contribution in [0, 0.1) is 11.8 Å². The Hall–Kier alpha value is -1.32. The van der Waals surface area contributed by atoms with Gasteiger partial charge in [-0.1, -0.05) is 13.8 Å². The lowest BCUT2D eigenvalue weighted by atomic mass is 9.78. The highest BCUT2D eigenvalue weighted by molar-refractivity contribution is 5.99. The van der Waals surface area contributed by atoms with Crippen LogP contribution >= 0.6 is 0 Å². The molecule has 0 spiro atoms. The number of rotatable bonds is 2. The average Bonchev–Trinajstić information content (AvgIpc) is 2.01. The van der Waals surface area contributed by atoms with Crippen LogP contribution in [0.25, 0.3) is 0 Å². The molecule has 0 aromatic rings. The van der Waals surface area contributed by atoms with E-state index in [-0.39, 0.29) is 23.0 Å². The maximum atomic E-state index is 10.9. The Balaban J connectivity index is 3.15. The molecule has 4 nitrogen and oxygen atoms in total. The molecular formula is C10H14O4. The first kappa shape index (κ1) is 10.8. The summed E-state index contributed by atoms with van der Waals surface area (Å²) in [5, 5.41) is 17.8. The van der Waals surface area contributed by atoms with E-state index in [1.54, 1.807) is 6.92 Å². The molecule has 0 aromatic heterocycles. The van der Waals surface area contributed by atoms with Crippen LogP contribution in [0.3, 0.4) is 0 Å². The molecule has 1 aliphatic carbocycles. The molecule has 0 amide bonds. The van der Waals surface area contributed by atoms with Crippen LogP contribution < -0.4 is 0 Å². The number of carboxylic acid groups (broad SMARTS) is 2. The minimum Gasteiger partial charge on any atom is -0.478 e. The Morgan fingerprint density at radius 2 is 1.79 bits per heavy atom. The third kappa shape index (κ3) is 1.95. The molecule has 0 heterocycles. The Kier molecular flexibility index (Phi) is 2.93. The second kappa shape index (κ2) is 3.82. The van der Waals surface area contributed by atoms with Crippen LogP contribution in [0.1, 0.15) is 26.7 Å². The molecule has 4 heteroatoms. The van der Waals surface area contributed by atoms with Gasteiger partial charge in [0.15, 0.2) is 0 Å². The Morgan fingerprint density at radius 3 is 2.21 bits per heavy atom. The molecule has 2 N–H and O–H groups in total. The van der Waals surface area contributed by atoms with Crippen molar-refractivity contribution in [2.45, 2.75) is 26.7 Å². The monoisotopic (exact) mass is 198 g/mol. The molecular weight excluding hydrogens is 184 g/mol. The number of carbonyl (C=O) groups is 2. The van der Waals surface area contributed by atoms with Crippen molar-refractivity contribution in [2.75, 3.05) is 0 Å². The molecule has 78 valence electrons. The van der Waals surface area contributed by atoms with Gasteiger partial charge in [-0.25, -0.2) is 9.59 Å². The summed E-state index contributed by atoms with van der Waals surface area (Å²) in [6.07, 6.45) is 1.11. The molecule has 0 unspecified atom stereocenters. The summed E-state index contributed by atoms with van der Waals surface area (Å²) in [6.45, 7) is 3.71. The largest absolute Gasteiger partial charge is 0.478 e. The first-order chi connectivity index (χ1) is 6.43. The fraction of sp³-hybridized carbons (Fsp3) is 0.600. The van der Waals surface area contributed by atoms with E-state index in [0.717, 1.165) is 6.42 Å². The van der Waals surface area contributed by atoms with E-state index in [1.165, 1.54) is 0 Å². The number of aliphatic carboxylic acids is 2. The molecule has 0 radical (unpaired) electrons. The quantitative estimate of drug-likeness (QED) is 0.705. The second-order valence-corrected chi connectivity index (χ2v) is 3.95. The van der Waals surface area contributed by atoms with Gasteiger partial charge in [0.2, 0.25) is 0 Å². The van der Waals surface area contributed by atoms with Crippen molar-refractivity contribution in [3.8, 4) is 0 Å². The fourth-order valence-corrected chi connectivity index (χ4v) is 2.10. The molecule has 1 aliphatic rings. The maximum Gasteiger partial charge on any atom is 0.332 e. The SMILES string of the molecule is C[C@H]1CC(C(=O)O)=C(C(=O)O)[C@@H](C)C1. The standard InChI is InChI=1S/C10H14O4/c1-5-3-6(2)8(10(13)14)7(4-5)9(11)12/h5-6H,3-4H2,1-2H3,(H,11,12)(H,13,14)/t5-,6+/m1/s1. The molecule has 0 aliphatic heterocycles. The van der Waals surface area contributed by atoms with Gasteiger partial charge in [0.1, 0.15) is 0 Å². The minimum atomic E-state index is -1.10. The van der Waals surface area contributed by atoms with Crippen LogP contribution in [0.4, 0.5) is 0 Å². The average molecular weight is 198 g/mol. The maximum absolute atomic E-state index is 10.9. The second-order valence-electron chi connectivity index (χ2n) is 3.95. The summed E-state index contributed by atoms with van der Waals surface area (Å²) in [4.78, 5) is 21.7. The lowest BCUT2D eigenvalue weighted by molar-refractivity contribution is -0.137. The van der Waals surface area contributed by atoms with Gasteiger partial charge < -0.3 is 10.2 Å². The van der Waals surface area contributed by atoms with Crippen molar-refractivity contribution >= 4 is 11.9 Å². The zero-order valence-electron chi connectivity index (χ0n) is 8.28. The van der Waals surface area contributed by atoms with E-state index in [1.807, 2.05) is 6.92 Å². The Labute approximate surface area is 82.2 Å². The van der Waals surface area contributed by atoms with E-state index >= 15 is 0 Å². The van der Waals surface area contributed by atoms with Gasteiger partial charge in [-0.2, -0.15) is 0 Å². The fourth-order valence-electron chi connectivity index (χ4n) is 2.10. The van der Waals surface area contributed by atoms with Crippen LogP contribution in [0.5, 0.6) is 0 Å². The molecule has 0 fully saturated rings. The molecule has 14 heavy (non-hydrogen) atoms. The molecule has 0 bridgehead atoms. The number of hydrogen-bond acceptors (Lipinski definition) is 2.